The number of nitrogens with zero attached hydrogens (tertiary/aromatic N) is 6. The van der Waals surface area contributed by atoms with E-state index in [1.54, 1.807) is 36.8 Å². The van der Waals surface area contributed by atoms with Gasteiger partial charge in [-0.1, -0.05) is 35.9 Å². The number of halogens is 4. The maximum absolute atomic E-state index is 13.0. The number of hydrogen-bond acceptors (Lipinski definition) is 5. The summed E-state index contributed by atoms with van der Waals surface area (Å²) in [6, 6.07) is 12.9. The Morgan fingerprint density at radius 3 is 2.38 bits per heavy atom. The molecule has 0 aliphatic rings. The van der Waals surface area contributed by atoms with Crippen LogP contribution in [0, 0.1) is 0 Å². The fourth-order valence-electron chi connectivity index (χ4n) is 3.57. The lowest BCUT2D eigenvalue weighted by Gasteiger charge is -2.10. The summed E-state index contributed by atoms with van der Waals surface area (Å²) in [6.45, 7) is -0.0733. The Bertz CT molecular complexity index is 1530. The van der Waals surface area contributed by atoms with Crippen molar-refractivity contribution in [2.45, 2.75) is 12.7 Å². The Morgan fingerprint density at radius 2 is 1.74 bits per heavy atom. The first-order chi connectivity index (χ1) is 16.3. The van der Waals surface area contributed by atoms with E-state index in [4.69, 9.17) is 11.6 Å². The van der Waals surface area contributed by atoms with Crippen molar-refractivity contribution >= 4 is 17.2 Å². The molecule has 4 aromatic heterocycles. The van der Waals surface area contributed by atoms with Gasteiger partial charge in [-0.25, -0.2) is 9.48 Å². The van der Waals surface area contributed by atoms with Crippen molar-refractivity contribution < 1.29 is 13.2 Å². The zero-order valence-corrected chi connectivity index (χ0v) is 18.0. The van der Waals surface area contributed by atoms with Crippen LogP contribution in [0.2, 0.25) is 5.02 Å². The van der Waals surface area contributed by atoms with Crippen LogP contribution in [0.4, 0.5) is 13.2 Å². The lowest BCUT2D eigenvalue weighted by molar-refractivity contribution is -0.141. The molecule has 0 bridgehead atoms. The average Bonchev–Trinajstić information content (AvgIpc) is 3.14. The Kier molecular flexibility index (Phi) is 5.37. The minimum Gasteiger partial charge on any atom is -0.264 e. The van der Waals surface area contributed by atoms with Gasteiger partial charge in [0, 0.05) is 40.3 Å². The molecule has 1 aromatic carbocycles. The van der Waals surface area contributed by atoms with Crippen LogP contribution in [0.1, 0.15) is 11.3 Å². The molecule has 11 heteroatoms. The van der Waals surface area contributed by atoms with Gasteiger partial charge < -0.3 is 0 Å². The SMILES string of the molecule is O=c1n(Cc2ccc(C(F)(F)F)nc2)nc2c(-c3cccnc3)c(-c3ccc(Cl)cc3)cnn12. The lowest BCUT2D eigenvalue weighted by atomic mass is 9.98. The standard InChI is InChI=1S/C23H14ClF3N6O/c24-17-6-4-15(5-7-17)18-12-30-33-21(20(18)16-2-1-9-28-11-16)31-32(22(33)34)13-14-3-8-19(29-10-14)23(25,26)27/h1-12H,13H2. The molecule has 0 spiro atoms. The Balaban J connectivity index is 1.65. The van der Waals surface area contributed by atoms with Crippen molar-refractivity contribution in [1.29, 1.82) is 0 Å². The highest BCUT2D eigenvalue weighted by molar-refractivity contribution is 6.30. The molecule has 0 saturated heterocycles. The summed E-state index contributed by atoms with van der Waals surface area (Å²) in [5.74, 6) is 0. The van der Waals surface area contributed by atoms with E-state index >= 15 is 0 Å². The molecule has 0 aliphatic carbocycles. The summed E-state index contributed by atoms with van der Waals surface area (Å²) < 4.78 is 40.7. The van der Waals surface area contributed by atoms with E-state index < -0.39 is 17.6 Å². The van der Waals surface area contributed by atoms with E-state index in [0.717, 1.165) is 27.0 Å². The first-order valence-corrected chi connectivity index (χ1v) is 10.4. The average molecular weight is 483 g/mol. The third kappa shape index (κ3) is 4.03. The predicted molar refractivity (Wildman–Crippen MR) is 119 cm³/mol. The van der Waals surface area contributed by atoms with Gasteiger partial charge in [-0.3, -0.25) is 9.97 Å². The van der Waals surface area contributed by atoms with Gasteiger partial charge in [0.05, 0.1) is 12.7 Å². The van der Waals surface area contributed by atoms with Crippen LogP contribution >= 0.6 is 11.6 Å². The lowest BCUT2D eigenvalue weighted by Crippen LogP contribution is -2.23. The molecular formula is C23H14ClF3N6O. The third-order valence-corrected chi connectivity index (χ3v) is 5.42. The van der Waals surface area contributed by atoms with Crippen LogP contribution in [-0.2, 0) is 12.7 Å². The van der Waals surface area contributed by atoms with Gasteiger partial charge in [0.15, 0.2) is 5.65 Å². The molecular weight excluding hydrogens is 469 g/mol. The number of fused-ring (bicyclic) bond motifs is 1. The number of alkyl halides is 3. The fraction of sp³-hybridized carbons (Fsp3) is 0.0870. The van der Waals surface area contributed by atoms with Crippen molar-refractivity contribution in [3.8, 4) is 22.3 Å². The predicted octanol–water partition coefficient (Wildman–Crippen LogP) is 4.74. The molecule has 4 heterocycles. The molecule has 0 radical (unpaired) electrons. The molecule has 0 amide bonds. The largest absolute Gasteiger partial charge is 0.433 e. The first-order valence-electron chi connectivity index (χ1n) is 9.98. The zero-order chi connectivity index (χ0) is 23.9. The van der Waals surface area contributed by atoms with Crippen molar-refractivity contribution in [2.24, 2.45) is 0 Å². The highest BCUT2D eigenvalue weighted by Gasteiger charge is 2.32. The third-order valence-electron chi connectivity index (χ3n) is 5.17. The molecule has 170 valence electrons. The Morgan fingerprint density at radius 1 is 0.941 bits per heavy atom. The topological polar surface area (TPSA) is 78.0 Å². The minimum atomic E-state index is -4.54. The van der Waals surface area contributed by atoms with E-state index in [-0.39, 0.29) is 12.2 Å². The molecule has 5 rings (SSSR count). The van der Waals surface area contributed by atoms with Crippen LogP contribution in [0.3, 0.4) is 0 Å². The summed E-state index contributed by atoms with van der Waals surface area (Å²) in [6.07, 6.45) is 1.38. The number of rotatable bonds is 4. The van der Waals surface area contributed by atoms with E-state index in [0.29, 0.717) is 27.3 Å². The van der Waals surface area contributed by atoms with Crippen LogP contribution in [0.5, 0.6) is 0 Å². The molecule has 0 unspecified atom stereocenters. The second-order valence-corrected chi connectivity index (χ2v) is 7.84. The minimum absolute atomic E-state index is 0.0733. The Hall–Kier alpha value is -4.05. The zero-order valence-electron chi connectivity index (χ0n) is 17.2. The van der Waals surface area contributed by atoms with Crippen LogP contribution in [0.25, 0.3) is 27.9 Å². The van der Waals surface area contributed by atoms with Crippen molar-refractivity contribution in [2.75, 3.05) is 0 Å². The molecule has 5 aromatic rings. The summed E-state index contributed by atoms with van der Waals surface area (Å²) in [5, 5.41) is 9.31. The van der Waals surface area contributed by atoms with E-state index in [1.807, 2.05) is 18.2 Å². The van der Waals surface area contributed by atoms with Crippen molar-refractivity contribution in [3.05, 3.63) is 100 Å². The smallest absolute Gasteiger partial charge is 0.264 e. The van der Waals surface area contributed by atoms with Crippen LogP contribution in [0.15, 0.2) is 78.1 Å². The first kappa shape index (κ1) is 21.8. The monoisotopic (exact) mass is 482 g/mol. The van der Waals surface area contributed by atoms with E-state index in [9.17, 15) is 18.0 Å². The summed E-state index contributed by atoms with van der Waals surface area (Å²) in [7, 11) is 0. The number of pyridine rings is 2. The fourth-order valence-corrected chi connectivity index (χ4v) is 3.69. The molecule has 0 fully saturated rings. The number of benzene rings is 1. The van der Waals surface area contributed by atoms with Crippen LogP contribution < -0.4 is 5.69 Å². The quantitative estimate of drug-likeness (QED) is 0.370. The van der Waals surface area contributed by atoms with E-state index in [1.165, 1.54) is 6.07 Å². The maximum Gasteiger partial charge on any atom is 0.433 e. The summed E-state index contributed by atoms with van der Waals surface area (Å²) in [4.78, 5) is 20.6. The van der Waals surface area contributed by atoms with Gasteiger partial charge >= 0.3 is 11.9 Å². The van der Waals surface area contributed by atoms with Gasteiger partial charge in [0.1, 0.15) is 5.69 Å². The molecule has 0 saturated carbocycles. The van der Waals surface area contributed by atoms with Gasteiger partial charge in [0.2, 0.25) is 0 Å². The van der Waals surface area contributed by atoms with Crippen molar-refractivity contribution in [1.82, 2.24) is 29.4 Å². The van der Waals surface area contributed by atoms with Crippen molar-refractivity contribution in [3.63, 3.8) is 0 Å². The maximum atomic E-state index is 13.0. The molecule has 0 atom stereocenters. The van der Waals surface area contributed by atoms with Crippen LogP contribution in [-0.4, -0.2) is 29.4 Å². The van der Waals surface area contributed by atoms with Gasteiger partial charge in [-0.15, -0.1) is 5.10 Å². The second kappa shape index (κ2) is 8.38. The summed E-state index contributed by atoms with van der Waals surface area (Å²) in [5.41, 5.74) is 2.00. The van der Waals surface area contributed by atoms with Gasteiger partial charge in [-0.05, 0) is 35.4 Å². The Labute approximate surface area is 195 Å². The van der Waals surface area contributed by atoms with Gasteiger partial charge in [-0.2, -0.15) is 22.8 Å². The molecule has 0 N–H and O–H groups in total. The molecule has 0 aliphatic heterocycles. The number of aromatic nitrogens is 6. The molecule has 34 heavy (non-hydrogen) atoms. The van der Waals surface area contributed by atoms with E-state index in [2.05, 4.69) is 20.2 Å². The highest BCUT2D eigenvalue weighted by atomic mass is 35.5. The summed E-state index contributed by atoms with van der Waals surface area (Å²) >= 11 is 6.03. The molecule has 7 nitrogen and oxygen atoms in total. The highest BCUT2D eigenvalue weighted by Crippen LogP contribution is 2.34. The second-order valence-electron chi connectivity index (χ2n) is 7.41. The number of hydrogen-bond donors (Lipinski definition) is 0. The van der Waals surface area contributed by atoms with Gasteiger partial charge in [0.25, 0.3) is 0 Å². The normalized spacial score (nSPS) is 11.8.